The molecule has 6 heteroatoms. The molecular weight excluding hydrogens is 223 g/mol. The minimum Gasteiger partial charge on any atom is -0.507 e. The largest absolute Gasteiger partial charge is 0.507 e. The highest BCUT2D eigenvalue weighted by Gasteiger charge is 2.28. The van der Waals surface area contributed by atoms with E-state index in [1.165, 1.54) is 12.1 Å². The number of aryl methyl sites for hydroxylation is 1. The van der Waals surface area contributed by atoms with E-state index >= 15 is 0 Å². The van der Waals surface area contributed by atoms with E-state index in [-0.39, 0.29) is 11.3 Å². The number of rotatable bonds is 2. The molecule has 16 heavy (non-hydrogen) atoms. The maximum atomic E-state index is 11.8. The van der Waals surface area contributed by atoms with E-state index in [0.717, 1.165) is 0 Å². The molecule has 0 spiro atoms. The normalized spacial score (nSPS) is 11.2. The van der Waals surface area contributed by atoms with Gasteiger partial charge >= 0.3 is 6.18 Å². The van der Waals surface area contributed by atoms with Gasteiger partial charge in [0.15, 0.2) is 0 Å². The third kappa shape index (κ3) is 3.15. The molecule has 0 aliphatic rings. The predicted molar refractivity (Wildman–Crippen MR) is 51.2 cm³/mol. The van der Waals surface area contributed by atoms with Gasteiger partial charge in [0, 0.05) is 0 Å². The fourth-order valence-electron chi connectivity index (χ4n) is 1.12. The highest BCUT2D eigenvalue weighted by molar-refractivity contribution is 5.97. The summed E-state index contributed by atoms with van der Waals surface area (Å²) in [6.45, 7) is 0.134. The minimum absolute atomic E-state index is 0.163. The van der Waals surface area contributed by atoms with Crippen LogP contribution in [0.4, 0.5) is 13.2 Å². The van der Waals surface area contributed by atoms with Crippen molar-refractivity contribution in [2.24, 2.45) is 0 Å². The van der Waals surface area contributed by atoms with Crippen molar-refractivity contribution in [3.05, 3.63) is 29.3 Å². The second-order valence-electron chi connectivity index (χ2n) is 3.27. The monoisotopic (exact) mass is 233 g/mol. The second-order valence-corrected chi connectivity index (χ2v) is 3.27. The number of nitrogens with one attached hydrogen (secondary N) is 1. The van der Waals surface area contributed by atoms with Crippen molar-refractivity contribution in [2.75, 3.05) is 6.54 Å². The molecule has 0 radical (unpaired) electrons. The zero-order chi connectivity index (χ0) is 12.3. The number of halogens is 3. The van der Waals surface area contributed by atoms with E-state index in [1.807, 2.05) is 0 Å². The molecular formula is C10H10F3NO2. The Morgan fingerprint density at radius 2 is 2.06 bits per heavy atom. The van der Waals surface area contributed by atoms with Crippen LogP contribution in [0.2, 0.25) is 0 Å². The number of phenols is 1. The number of hydrogen-bond acceptors (Lipinski definition) is 2. The molecule has 0 aliphatic heterocycles. The van der Waals surface area contributed by atoms with Gasteiger partial charge < -0.3 is 10.4 Å². The molecule has 0 unspecified atom stereocenters. The van der Waals surface area contributed by atoms with Crippen LogP contribution in [0.1, 0.15) is 15.9 Å². The van der Waals surface area contributed by atoms with Gasteiger partial charge in [0.05, 0.1) is 5.56 Å². The summed E-state index contributed by atoms with van der Waals surface area (Å²) in [5.74, 6) is -1.25. The van der Waals surface area contributed by atoms with Crippen molar-refractivity contribution in [3.63, 3.8) is 0 Å². The first-order valence-electron chi connectivity index (χ1n) is 4.45. The molecule has 1 aromatic rings. The van der Waals surface area contributed by atoms with Crippen LogP contribution in [-0.4, -0.2) is 23.7 Å². The zero-order valence-corrected chi connectivity index (χ0v) is 8.43. The van der Waals surface area contributed by atoms with Gasteiger partial charge in [-0.15, -0.1) is 0 Å². The van der Waals surface area contributed by atoms with E-state index in [1.54, 1.807) is 18.3 Å². The minimum atomic E-state index is -4.46. The first-order chi connectivity index (χ1) is 7.31. The third-order valence-corrected chi connectivity index (χ3v) is 1.93. The molecule has 3 nitrogen and oxygen atoms in total. The summed E-state index contributed by atoms with van der Waals surface area (Å²) in [7, 11) is 0. The second kappa shape index (κ2) is 4.42. The Balaban J connectivity index is 2.78. The Kier molecular flexibility index (Phi) is 3.41. The number of amides is 1. The molecule has 0 bridgehead atoms. The Labute approximate surface area is 89.9 Å². The number of aromatic hydroxyl groups is 1. The van der Waals surface area contributed by atoms with E-state index < -0.39 is 18.6 Å². The highest BCUT2D eigenvalue weighted by Crippen LogP contribution is 2.21. The van der Waals surface area contributed by atoms with E-state index in [4.69, 9.17) is 0 Å². The molecule has 88 valence electrons. The predicted octanol–water partition coefficient (Wildman–Crippen LogP) is 1.99. The van der Waals surface area contributed by atoms with Crippen molar-refractivity contribution >= 4 is 5.91 Å². The lowest BCUT2D eigenvalue weighted by Gasteiger charge is -2.10. The summed E-state index contributed by atoms with van der Waals surface area (Å²) in [6, 6.07) is 4.29. The molecule has 0 aromatic heterocycles. The Morgan fingerprint density at radius 1 is 1.44 bits per heavy atom. The van der Waals surface area contributed by atoms with Crippen molar-refractivity contribution in [3.8, 4) is 5.75 Å². The smallest absolute Gasteiger partial charge is 0.405 e. The van der Waals surface area contributed by atoms with Crippen LogP contribution in [0.25, 0.3) is 0 Å². The number of para-hydroxylation sites is 1. The van der Waals surface area contributed by atoms with Crippen LogP contribution in [0, 0.1) is 6.92 Å². The molecule has 0 saturated heterocycles. The summed E-state index contributed by atoms with van der Waals surface area (Å²) in [5, 5.41) is 11.1. The standard InChI is InChI=1S/C10H10F3NO2/c1-6-3-2-4-7(8(6)15)9(16)14-5-10(11,12)13/h2-4,15H,5H2,1H3,(H,14,16). The molecule has 0 fully saturated rings. The molecule has 0 aliphatic carbocycles. The quantitative estimate of drug-likeness (QED) is 0.820. The number of hydrogen-bond donors (Lipinski definition) is 2. The number of alkyl halides is 3. The zero-order valence-electron chi connectivity index (χ0n) is 8.43. The number of phenolic OH excluding ortho intramolecular Hbond substituents is 1. The molecule has 0 saturated carbocycles. The lowest BCUT2D eigenvalue weighted by molar-refractivity contribution is -0.123. The van der Waals surface area contributed by atoms with Gasteiger partial charge in [-0.05, 0) is 18.6 Å². The van der Waals surface area contributed by atoms with Gasteiger partial charge in [-0.3, -0.25) is 4.79 Å². The van der Waals surface area contributed by atoms with Gasteiger partial charge in [0.2, 0.25) is 0 Å². The van der Waals surface area contributed by atoms with E-state index in [9.17, 15) is 23.1 Å². The lowest BCUT2D eigenvalue weighted by Crippen LogP contribution is -2.33. The maximum absolute atomic E-state index is 11.8. The molecule has 2 N–H and O–H groups in total. The fourth-order valence-corrected chi connectivity index (χ4v) is 1.12. The van der Waals surface area contributed by atoms with Crippen molar-refractivity contribution in [2.45, 2.75) is 13.1 Å². The number of carbonyl (C=O) groups is 1. The lowest BCUT2D eigenvalue weighted by atomic mass is 10.1. The third-order valence-electron chi connectivity index (χ3n) is 1.93. The summed E-state index contributed by atoms with van der Waals surface area (Å²) < 4.78 is 35.5. The van der Waals surface area contributed by atoms with E-state index in [0.29, 0.717) is 5.56 Å². The van der Waals surface area contributed by atoms with Crippen molar-refractivity contribution < 1.29 is 23.1 Å². The summed E-state index contributed by atoms with van der Waals surface area (Å²) >= 11 is 0. The first kappa shape index (κ1) is 12.4. The van der Waals surface area contributed by atoms with Crippen LogP contribution in [0.15, 0.2) is 18.2 Å². The fraction of sp³-hybridized carbons (Fsp3) is 0.300. The maximum Gasteiger partial charge on any atom is 0.405 e. The van der Waals surface area contributed by atoms with Gasteiger partial charge in [0.1, 0.15) is 12.3 Å². The average molecular weight is 233 g/mol. The molecule has 0 atom stereocenters. The van der Waals surface area contributed by atoms with Crippen molar-refractivity contribution in [1.29, 1.82) is 0 Å². The Hall–Kier alpha value is -1.72. The van der Waals surface area contributed by atoms with Gasteiger partial charge in [0.25, 0.3) is 5.91 Å². The highest BCUT2D eigenvalue weighted by atomic mass is 19.4. The van der Waals surface area contributed by atoms with Gasteiger partial charge in [-0.2, -0.15) is 13.2 Å². The average Bonchev–Trinajstić information content (AvgIpc) is 2.17. The molecule has 1 aromatic carbocycles. The number of carbonyl (C=O) groups excluding carboxylic acids is 1. The van der Waals surface area contributed by atoms with Crippen LogP contribution >= 0.6 is 0 Å². The van der Waals surface area contributed by atoms with Gasteiger partial charge in [-0.25, -0.2) is 0 Å². The Morgan fingerprint density at radius 3 is 2.62 bits per heavy atom. The Bertz CT molecular complexity index is 402. The molecule has 0 heterocycles. The van der Waals surface area contributed by atoms with Crippen LogP contribution in [0.3, 0.4) is 0 Å². The van der Waals surface area contributed by atoms with Crippen molar-refractivity contribution in [1.82, 2.24) is 5.32 Å². The van der Waals surface area contributed by atoms with Crippen LogP contribution in [0.5, 0.6) is 5.75 Å². The van der Waals surface area contributed by atoms with E-state index in [2.05, 4.69) is 0 Å². The SMILES string of the molecule is Cc1cccc(C(=O)NCC(F)(F)F)c1O. The summed E-state index contributed by atoms with van der Waals surface area (Å²) in [6.07, 6.45) is -4.46. The van der Waals surface area contributed by atoms with Gasteiger partial charge in [-0.1, -0.05) is 12.1 Å². The van der Waals surface area contributed by atoms with Crippen LogP contribution in [-0.2, 0) is 0 Å². The first-order valence-corrected chi connectivity index (χ1v) is 4.45. The molecule has 1 rings (SSSR count). The van der Waals surface area contributed by atoms with Crippen LogP contribution < -0.4 is 5.32 Å². The summed E-state index contributed by atoms with van der Waals surface area (Å²) in [5.41, 5.74) is 0.268. The topological polar surface area (TPSA) is 49.3 Å². The molecule has 1 amide bonds. The summed E-state index contributed by atoms with van der Waals surface area (Å²) in [4.78, 5) is 11.3. The number of benzene rings is 1.